The van der Waals surface area contributed by atoms with Crippen LogP contribution in [0.1, 0.15) is 0 Å². The molecule has 0 heterocycles. The molecule has 8 heteroatoms. The quantitative estimate of drug-likeness (QED) is 0.629. The summed E-state index contributed by atoms with van der Waals surface area (Å²) in [5.41, 5.74) is 1.21. The number of rotatable bonds is 7. The van der Waals surface area contributed by atoms with Crippen molar-refractivity contribution >= 4 is 21.7 Å². The zero-order valence-corrected chi connectivity index (χ0v) is 15.3. The summed E-state index contributed by atoms with van der Waals surface area (Å²) in [4.78, 5) is 10.4. The first kappa shape index (κ1) is 19.4. The van der Waals surface area contributed by atoms with Crippen LogP contribution in [0.2, 0.25) is 0 Å². The van der Waals surface area contributed by atoms with Gasteiger partial charge in [0.2, 0.25) is 0 Å². The van der Waals surface area contributed by atoms with Gasteiger partial charge in [-0.3, -0.25) is 4.72 Å². The Bertz CT molecular complexity index is 1100. The normalized spacial score (nSPS) is 11.0. The minimum absolute atomic E-state index is 0.142. The van der Waals surface area contributed by atoms with Crippen LogP contribution < -0.4 is 9.46 Å². The van der Waals surface area contributed by atoms with Crippen LogP contribution in [0.15, 0.2) is 77.7 Å². The van der Waals surface area contributed by atoms with Crippen LogP contribution in [-0.4, -0.2) is 26.1 Å². The molecule has 3 aromatic rings. The number of carbonyl (C=O) groups is 1. The van der Waals surface area contributed by atoms with Gasteiger partial charge in [0.15, 0.2) is 6.61 Å². The highest BCUT2D eigenvalue weighted by Crippen LogP contribution is 2.29. The van der Waals surface area contributed by atoms with Crippen LogP contribution in [0.4, 0.5) is 10.1 Å². The number of carboxylic acids is 1. The van der Waals surface area contributed by atoms with Crippen molar-refractivity contribution in [1.29, 1.82) is 0 Å². The first-order valence-corrected chi connectivity index (χ1v) is 9.66. The fraction of sp³-hybridized carbons (Fsp3) is 0.0500. The van der Waals surface area contributed by atoms with Crippen molar-refractivity contribution < 1.29 is 27.4 Å². The maximum absolute atomic E-state index is 14.2. The maximum atomic E-state index is 14.2. The van der Waals surface area contributed by atoms with E-state index in [1.165, 1.54) is 36.4 Å². The van der Waals surface area contributed by atoms with Gasteiger partial charge < -0.3 is 9.84 Å². The number of benzene rings is 3. The second-order valence-electron chi connectivity index (χ2n) is 5.80. The summed E-state index contributed by atoms with van der Waals surface area (Å²) in [6.07, 6.45) is 0. The molecule has 3 rings (SSSR count). The SMILES string of the molecule is O=C(O)COc1ccccc1S(=O)(=O)Nc1cc(-c2ccccc2)ccc1F. The zero-order chi connectivity index (χ0) is 20.1. The van der Waals surface area contributed by atoms with Crippen molar-refractivity contribution in [3.05, 3.63) is 78.6 Å². The third-order valence-corrected chi connectivity index (χ3v) is 5.21. The molecule has 0 saturated heterocycles. The Morgan fingerprint density at radius 3 is 2.36 bits per heavy atom. The summed E-state index contributed by atoms with van der Waals surface area (Å²) < 4.78 is 47.0. The molecule has 0 amide bonds. The van der Waals surface area contributed by atoms with Crippen molar-refractivity contribution in [2.75, 3.05) is 11.3 Å². The lowest BCUT2D eigenvalue weighted by molar-refractivity contribution is -0.139. The molecule has 0 unspecified atom stereocenters. The Hall–Kier alpha value is -3.39. The monoisotopic (exact) mass is 401 g/mol. The number of sulfonamides is 1. The summed E-state index contributed by atoms with van der Waals surface area (Å²) in [6.45, 7) is -0.704. The summed E-state index contributed by atoms with van der Waals surface area (Å²) in [5, 5.41) is 8.74. The minimum Gasteiger partial charge on any atom is -0.480 e. The number of aliphatic carboxylic acids is 1. The van der Waals surface area contributed by atoms with Gasteiger partial charge in [0.1, 0.15) is 16.5 Å². The van der Waals surface area contributed by atoms with Crippen LogP contribution in [0.5, 0.6) is 5.75 Å². The lowest BCUT2D eigenvalue weighted by atomic mass is 10.1. The van der Waals surface area contributed by atoms with Gasteiger partial charge in [0.05, 0.1) is 5.69 Å². The van der Waals surface area contributed by atoms with Gasteiger partial charge in [-0.25, -0.2) is 17.6 Å². The van der Waals surface area contributed by atoms with Crippen molar-refractivity contribution in [2.24, 2.45) is 0 Å². The molecule has 0 fully saturated rings. The summed E-state index contributed by atoms with van der Waals surface area (Å²) in [6, 6.07) is 18.8. The average Bonchev–Trinajstić information content (AvgIpc) is 2.69. The van der Waals surface area contributed by atoms with Crippen LogP contribution in [0.3, 0.4) is 0 Å². The van der Waals surface area contributed by atoms with E-state index in [0.717, 1.165) is 5.56 Å². The molecule has 0 aliphatic heterocycles. The van der Waals surface area contributed by atoms with E-state index in [1.54, 1.807) is 6.07 Å². The first-order valence-electron chi connectivity index (χ1n) is 8.18. The molecule has 28 heavy (non-hydrogen) atoms. The molecule has 0 atom stereocenters. The average molecular weight is 401 g/mol. The Balaban J connectivity index is 1.94. The molecule has 0 radical (unpaired) electrons. The van der Waals surface area contributed by atoms with E-state index in [2.05, 4.69) is 4.72 Å². The van der Waals surface area contributed by atoms with Crippen LogP contribution >= 0.6 is 0 Å². The van der Waals surface area contributed by atoms with Crippen molar-refractivity contribution in [3.8, 4) is 16.9 Å². The summed E-state index contributed by atoms with van der Waals surface area (Å²) in [5.74, 6) is -2.13. The minimum atomic E-state index is -4.22. The lowest BCUT2D eigenvalue weighted by Gasteiger charge is -2.14. The molecule has 0 aromatic heterocycles. The number of anilines is 1. The molecular formula is C20H16FNO5S. The number of nitrogens with one attached hydrogen (secondary N) is 1. The fourth-order valence-electron chi connectivity index (χ4n) is 2.54. The number of halogens is 1. The molecule has 0 saturated carbocycles. The van der Waals surface area contributed by atoms with E-state index in [4.69, 9.17) is 9.84 Å². The number of hydrogen-bond acceptors (Lipinski definition) is 4. The maximum Gasteiger partial charge on any atom is 0.341 e. The molecule has 0 spiro atoms. The van der Waals surface area contributed by atoms with Crippen molar-refractivity contribution in [3.63, 3.8) is 0 Å². The van der Waals surface area contributed by atoms with Gasteiger partial charge in [0, 0.05) is 0 Å². The molecule has 3 aromatic carbocycles. The molecule has 6 nitrogen and oxygen atoms in total. The second-order valence-corrected chi connectivity index (χ2v) is 7.45. The van der Waals surface area contributed by atoms with Gasteiger partial charge in [-0.1, -0.05) is 48.5 Å². The van der Waals surface area contributed by atoms with E-state index in [-0.39, 0.29) is 16.3 Å². The highest BCUT2D eigenvalue weighted by atomic mass is 32.2. The van der Waals surface area contributed by atoms with E-state index in [9.17, 15) is 17.6 Å². The van der Waals surface area contributed by atoms with Crippen LogP contribution in [0, 0.1) is 5.82 Å². The van der Waals surface area contributed by atoms with Crippen LogP contribution in [0.25, 0.3) is 11.1 Å². The first-order chi connectivity index (χ1) is 13.4. The predicted molar refractivity (Wildman–Crippen MR) is 102 cm³/mol. The Morgan fingerprint density at radius 2 is 1.64 bits per heavy atom. The van der Waals surface area contributed by atoms with E-state index >= 15 is 0 Å². The van der Waals surface area contributed by atoms with E-state index in [0.29, 0.717) is 5.56 Å². The highest BCUT2D eigenvalue weighted by Gasteiger charge is 2.21. The molecule has 2 N–H and O–H groups in total. The topological polar surface area (TPSA) is 92.7 Å². The summed E-state index contributed by atoms with van der Waals surface area (Å²) in [7, 11) is -4.22. The van der Waals surface area contributed by atoms with Crippen molar-refractivity contribution in [1.82, 2.24) is 0 Å². The fourth-order valence-corrected chi connectivity index (χ4v) is 3.75. The van der Waals surface area contributed by atoms with E-state index < -0.39 is 28.4 Å². The number of para-hydroxylation sites is 1. The van der Waals surface area contributed by atoms with Gasteiger partial charge in [-0.05, 0) is 35.4 Å². The molecule has 0 aliphatic rings. The lowest BCUT2D eigenvalue weighted by Crippen LogP contribution is -2.17. The number of carboxylic acid groups (broad SMARTS) is 1. The molecule has 0 bridgehead atoms. The largest absolute Gasteiger partial charge is 0.480 e. The third kappa shape index (κ3) is 4.47. The van der Waals surface area contributed by atoms with Gasteiger partial charge in [-0.15, -0.1) is 0 Å². The second kappa shape index (κ2) is 8.10. The van der Waals surface area contributed by atoms with Gasteiger partial charge in [-0.2, -0.15) is 0 Å². The highest BCUT2D eigenvalue weighted by molar-refractivity contribution is 7.92. The van der Waals surface area contributed by atoms with Crippen molar-refractivity contribution in [2.45, 2.75) is 4.90 Å². The Kier molecular flexibility index (Phi) is 5.60. The Labute approximate surface area is 161 Å². The third-order valence-electron chi connectivity index (χ3n) is 3.81. The predicted octanol–water partition coefficient (Wildman–Crippen LogP) is 3.76. The Morgan fingerprint density at radius 1 is 0.964 bits per heavy atom. The zero-order valence-electron chi connectivity index (χ0n) is 14.5. The smallest absolute Gasteiger partial charge is 0.341 e. The number of ether oxygens (including phenoxy) is 1. The van der Waals surface area contributed by atoms with Gasteiger partial charge in [0.25, 0.3) is 10.0 Å². The van der Waals surface area contributed by atoms with E-state index in [1.807, 2.05) is 30.3 Å². The summed E-state index contributed by atoms with van der Waals surface area (Å²) >= 11 is 0. The number of hydrogen-bond donors (Lipinski definition) is 2. The molecule has 144 valence electrons. The molecule has 0 aliphatic carbocycles. The van der Waals surface area contributed by atoms with Gasteiger partial charge >= 0.3 is 5.97 Å². The standard InChI is InChI=1S/C20H16FNO5S/c21-16-11-10-15(14-6-2-1-3-7-14)12-17(16)22-28(25,26)19-9-5-4-8-18(19)27-13-20(23)24/h1-12,22H,13H2,(H,23,24). The van der Waals surface area contributed by atoms with Crippen LogP contribution in [-0.2, 0) is 14.8 Å². The molecular weight excluding hydrogens is 385 g/mol.